The van der Waals surface area contributed by atoms with Gasteiger partial charge >= 0.3 is 12.0 Å². The summed E-state index contributed by atoms with van der Waals surface area (Å²) in [5.41, 5.74) is 9.27. The number of rotatable bonds is 10. The molecule has 3 N–H and O–H groups in total. The number of methoxy groups -OCH3 is 1. The lowest BCUT2D eigenvalue weighted by molar-refractivity contribution is -0.155. The molecule has 1 aromatic carbocycles. The van der Waals surface area contributed by atoms with Crippen LogP contribution in [-0.2, 0) is 48.0 Å². The third kappa shape index (κ3) is 9.42. The van der Waals surface area contributed by atoms with E-state index in [1.165, 1.54) is 21.2 Å². The molecule has 5 amide bonds. The van der Waals surface area contributed by atoms with Crippen molar-refractivity contribution in [3.05, 3.63) is 58.2 Å². The van der Waals surface area contributed by atoms with E-state index in [1.54, 1.807) is 37.2 Å². The number of esters is 1. The van der Waals surface area contributed by atoms with Gasteiger partial charge in [-0.05, 0) is 68.9 Å². The van der Waals surface area contributed by atoms with Crippen LogP contribution < -0.4 is 16.1 Å². The zero-order valence-corrected chi connectivity index (χ0v) is 40.4. The molecule has 4 aliphatic rings. The summed E-state index contributed by atoms with van der Waals surface area (Å²) in [7, 11) is 4.97. The zero-order chi connectivity index (χ0) is 47.2. The van der Waals surface area contributed by atoms with Crippen LogP contribution in [0.25, 0.3) is 33.4 Å². The van der Waals surface area contributed by atoms with Crippen LogP contribution in [-0.4, -0.2) is 148 Å². The van der Waals surface area contributed by atoms with E-state index >= 15 is 0 Å². The van der Waals surface area contributed by atoms with Gasteiger partial charge in [-0.3, -0.25) is 29.2 Å². The van der Waals surface area contributed by atoms with Gasteiger partial charge in [-0.2, -0.15) is 0 Å². The van der Waals surface area contributed by atoms with E-state index in [1.807, 2.05) is 32.2 Å². The number of benzene rings is 1. The number of carbonyl (C=O) groups is 5. The van der Waals surface area contributed by atoms with Crippen LogP contribution in [0.1, 0.15) is 76.8 Å². The van der Waals surface area contributed by atoms with Crippen LogP contribution in [0.4, 0.5) is 4.79 Å². The number of carbonyl (C=O) groups excluding carboxylic acids is 5. The molecule has 17 nitrogen and oxygen atoms in total. The summed E-state index contributed by atoms with van der Waals surface area (Å²) < 4.78 is 14.2. The van der Waals surface area contributed by atoms with Crippen LogP contribution in [0.5, 0.6) is 0 Å². The first-order valence-corrected chi connectivity index (χ1v) is 24.0. The zero-order valence-electron chi connectivity index (χ0n) is 39.6. The minimum atomic E-state index is -1.08. The van der Waals surface area contributed by atoms with Crippen molar-refractivity contribution < 1.29 is 33.4 Å². The largest absolute Gasteiger partial charge is 0.464 e. The Morgan fingerprint density at radius 2 is 1.88 bits per heavy atom. The molecule has 6 bridgehead atoms. The van der Waals surface area contributed by atoms with Gasteiger partial charge in [0.1, 0.15) is 18.1 Å². The average Bonchev–Trinajstić information content (AvgIpc) is 3.97. The maximum atomic E-state index is 14.6. The number of ether oxygens (including phenoxy) is 2. The normalized spacial score (nSPS) is 22.0. The number of fused-ring (bicyclic) bond motifs is 6. The molecular formula is C48H64N10O7S. The number of nitrogens with one attached hydrogen (secondary N) is 3. The van der Waals surface area contributed by atoms with Gasteiger partial charge in [-0.1, -0.05) is 33.8 Å². The lowest BCUT2D eigenvalue weighted by Gasteiger charge is -2.45. The van der Waals surface area contributed by atoms with Crippen molar-refractivity contribution in [2.45, 2.75) is 110 Å². The molecule has 7 heterocycles. The van der Waals surface area contributed by atoms with Gasteiger partial charge in [0.2, 0.25) is 11.8 Å². The number of pyridine rings is 1. The molecule has 3 saturated heterocycles. The Balaban J connectivity index is 1.13. The van der Waals surface area contributed by atoms with E-state index < -0.39 is 41.3 Å². The van der Waals surface area contributed by atoms with Gasteiger partial charge in [0.25, 0.3) is 5.91 Å². The van der Waals surface area contributed by atoms with Gasteiger partial charge in [-0.15, -0.1) is 11.3 Å². The van der Waals surface area contributed by atoms with Crippen LogP contribution in [0.2, 0.25) is 0 Å². The SMILES string of the molecule is CCn1c(-c2cccnc2[C@H](C)OC)c2c3cc(ccc31)-c1csc(n1)C[C@H](NC(=O)C(C(C)C)N(C)C(=O)N(C)C1CN(C(=O)[C@@H]3CN3)C1)C(=O)N1CCC[C@H](N1)C(=O)OCC(C)(C)C2. The smallest absolute Gasteiger partial charge is 0.324 e. The topological polar surface area (TPSA) is 193 Å². The van der Waals surface area contributed by atoms with Crippen molar-refractivity contribution >= 4 is 52.0 Å². The standard InChI is InChI=1S/C48H64N10O7S/c1-10-57-38-16-15-29-19-32(38)33(42(57)31-13-11-17-49-40(31)28(4)64-9)21-48(5,6)26-65-46(62)34-14-12-18-58(53-34)45(61)35(20-39-51-37(29)25-66-39)52-43(59)41(27(2)3)55(8)47(63)54(7)30-23-56(24-30)44(60)36-22-50-36/h11,13,15-17,19,25,27-28,30,34-36,41,50,53H,10,12,14,18,20-24,26H2,1-9H3,(H,52,59)/t28-,34-,35-,36-,41?/m0/s1. The second-order valence-electron chi connectivity index (χ2n) is 19.3. The third-order valence-electron chi connectivity index (χ3n) is 13.5. The van der Waals surface area contributed by atoms with E-state index in [4.69, 9.17) is 19.4 Å². The molecule has 354 valence electrons. The van der Waals surface area contributed by atoms with E-state index in [0.29, 0.717) is 57.0 Å². The number of cyclic esters (lactones) is 1. The summed E-state index contributed by atoms with van der Waals surface area (Å²) in [6.07, 6.45) is 3.19. The minimum Gasteiger partial charge on any atom is -0.464 e. The number of likely N-dealkylation sites (N-methyl/N-ethyl adjacent to an activating group) is 2. The molecule has 5 atom stereocenters. The fourth-order valence-corrected chi connectivity index (χ4v) is 10.5. The summed E-state index contributed by atoms with van der Waals surface area (Å²) in [5, 5.41) is 11.1. The van der Waals surface area contributed by atoms with Crippen molar-refractivity contribution in [2.75, 3.05) is 54.0 Å². The van der Waals surface area contributed by atoms with Crippen LogP contribution >= 0.6 is 11.3 Å². The number of hydrogen-bond donors (Lipinski definition) is 3. The highest BCUT2D eigenvalue weighted by Gasteiger charge is 2.44. The fraction of sp³-hybridized carbons (Fsp3) is 0.562. The van der Waals surface area contributed by atoms with Gasteiger partial charge < -0.3 is 39.4 Å². The molecule has 4 aromatic rings. The number of amides is 5. The number of aryl methyl sites for hydroxylation is 1. The number of likely N-dealkylation sites (tertiary alicyclic amines) is 1. The monoisotopic (exact) mass is 924 g/mol. The molecule has 66 heavy (non-hydrogen) atoms. The van der Waals surface area contributed by atoms with Crippen molar-refractivity contribution in [2.24, 2.45) is 11.3 Å². The molecule has 3 fully saturated rings. The number of urea groups is 1. The van der Waals surface area contributed by atoms with E-state index in [9.17, 15) is 24.0 Å². The van der Waals surface area contributed by atoms with E-state index in [2.05, 4.69) is 65.7 Å². The predicted octanol–water partition coefficient (Wildman–Crippen LogP) is 4.39. The number of hydrogen-bond acceptors (Lipinski definition) is 12. The number of thiazole rings is 1. The Labute approximate surface area is 390 Å². The Hall–Kier alpha value is -5.43. The Kier molecular flexibility index (Phi) is 13.6. The highest BCUT2D eigenvalue weighted by molar-refractivity contribution is 7.10. The van der Waals surface area contributed by atoms with Crippen molar-refractivity contribution in [1.29, 1.82) is 0 Å². The Bertz CT molecular complexity index is 2490. The third-order valence-corrected chi connectivity index (χ3v) is 14.4. The maximum absolute atomic E-state index is 14.6. The fourth-order valence-electron chi connectivity index (χ4n) is 9.60. The molecule has 4 aliphatic heterocycles. The highest BCUT2D eigenvalue weighted by atomic mass is 32.1. The first-order chi connectivity index (χ1) is 31.5. The summed E-state index contributed by atoms with van der Waals surface area (Å²) in [6, 6.07) is 6.93. The van der Waals surface area contributed by atoms with Gasteiger partial charge in [0.05, 0.1) is 46.9 Å². The molecule has 8 rings (SSSR count). The summed E-state index contributed by atoms with van der Waals surface area (Å²) in [4.78, 5) is 84.1. The van der Waals surface area contributed by atoms with Crippen LogP contribution in [0.3, 0.4) is 0 Å². The lowest BCUT2D eigenvalue weighted by atomic mass is 9.84. The van der Waals surface area contributed by atoms with Gasteiger partial charge in [-0.25, -0.2) is 15.2 Å². The second kappa shape index (κ2) is 19.1. The Morgan fingerprint density at radius 3 is 2.58 bits per heavy atom. The van der Waals surface area contributed by atoms with Gasteiger partial charge in [0.15, 0.2) is 0 Å². The molecule has 0 aliphatic carbocycles. The molecule has 0 spiro atoms. The lowest BCUT2D eigenvalue weighted by Crippen LogP contribution is -2.65. The van der Waals surface area contributed by atoms with E-state index in [0.717, 1.165) is 44.7 Å². The quantitative estimate of drug-likeness (QED) is 0.151. The molecule has 18 heteroatoms. The maximum Gasteiger partial charge on any atom is 0.324 e. The predicted molar refractivity (Wildman–Crippen MR) is 251 cm³/mol. The molecule has 0 radical (unpaired) electrons. The first kappa shape index (κ1) is 47.1. The van der Waals surface area contributed by atoms with Crippen molar-refractivity contribution in [1.82, 2.24) is 50.3 Å². The van der Waals surface area contributed by atoms with Crippen LogP contribution in [0.15, 0.2) is 41.9 Å². The number of nitrogens with zero attached hydrogens (tertiary/aromatic N) is 7. The minimum absolute atomic E-state index is 0.0384. The van der Waals surface area contributed by atoms with Crippen molar-refractivity contribution in [3.8, 4) is 22.5 Å². The Morgan fingerprint density at radius 1 is 1.12 bits per heavy atom. The number of hydrazine groups is 1. The summed E-state index contributed by atoms with van der Waals surface area (Å²) >= 11 is 1.41. The van der Waals surface area contributed by atoms with Crippen molar-refractivity contribution in [3.63, 3.8) is 0 Å². The van der Waals surface area contributed by atoms with Crippen LogP contribution in [0, 0.1) is 11.3 Å². The second-order valence-corrected chi connectivity index (χ2v) is 20.3. The number of aromatic nitrogens is 3. The molecule has 1 unspecified atom stereocenters. The summed E-state index contributed by atoms with van der Waals surface area (Å²) in [5.74, 6) is -1.65. The van der Waals surface area contributed by atoms with E-state index in [-0.39, 0.29) is 49.1 Å². The molecule has 3 aromatic heterocycles. The molecular weight excluding hydrogens is 861 g/mol. The highest BCUT2D eigenvalue weighted by Crippen LogP contribution is 2.42. The summed E-state index contributed by atoms with van der Waals surface area (Å²) in [6.45, 7) is 14.7. The van der Waals surface area contributed by atoms with Gasteiger partial charge in [0, 0.05) is 99.4 Å². The first-order valence-electron chi connectivity index (χ1n) is 23.1. The molecule has 0 saturated carbocycles. The average molecular weight is 925 g/mol.